The first-order valence-electron chi connectivity index (χ1n) is 6.07. The van der Waals surface area contributed by atoms with E-state index in [1.165, 1.54) is 6.07 Å². The first-order chi connectivity index (χ1) is 9.77. The third kappa shape index (κ3) is 4.27. The lowest BCUT2D eigenvalue weighted by molar-refractivity contribution is 0.600. The number of hydrogen-bond acceptors (Lipinski definition) is 3. The minimum absolute atomic E-state index is 0.195. The zero-order valence-electron chi connectivity index (χ0n) is 11.2. The number of rotatable bonds is 4. The molecule has 0 aliphatic carbocycles. The van der Waals surface area contributed by atoms with Crippen molar-refractivity contribution < 1.29 is 8.42 Å². The third-order valence-electron chi connectivity index (χ3n) is 2.82. The van der Waals surface area contributed by atoms with Gasteiger partial charge in [0.2, 0.25) is 10.0 Å². The van der Waals surface area contributed by atoms with Crippen LogP contribution >= 0.6 is 23.2 Å². The monoisotopic (exact) mass is 344 g/mol. The Labute approximate surface area is 133 Å². The molecule has 0 aliphatic rings. The van der Waals surface area contributed by atoms with Crippen molar-refractivity contribution in [3.8, 4) is 0 Å². The molecular formula is C14H14Cl2N2O2S. The van der Waals surface area contributed by atoms with Gasteiger partial charge < -0.3 is 5.73 Å². The number of aryl methyl sites for hydroxylation is 1. The summed E-state index contributed by atoms with van der Waals surface area (Å²) in [6.07, 6.45) is 0. The van der Waals surface area contributed by atoms with Crippen LogP contribution in [-0.4, -0.2) is 8.42 Å². The van der Waals surface area contributed by atoms with Crippen molar-refractivity contribution in [3.63, 3.8) is 0 Å². The van der Waals surface area contributed by atoms with E-state index in [0.717, 1.165) is 5.56 Å². The molecule has 0 saturated carbocycles. The summed E-state index contributed by atoms with van der Waals surface area (Å²) in [5.74, 6) is -0.195. The van der Waals surface area contributed by atoms with Gasteiger partial charge in [-0.1, -0.05) is 35.3 Å². The summed E-state index contributed by atoms with van der Waals surface area (Å²) in [6.45, 7) is 1.79. The first-order valence-corrected chi connectivity index (χ1v) is 8.48. The number of hydrogen-bond donors (Lipinski definition) is 2. The predicted octanol–water partition coefficient (Wildman–Crippen LogP) is 3.83. The molecule has 2 rings (SSSR count). The van der Waals surface area contributed by atoms with E-state index in [2.05, 4.69) is 4.72 Å². The Bertz CT molecular complexity index is 777. The average molecular weight is 345 g/mol. The van der Waals surface area contributed by atoms with Crippen LogP contribution in [0.4, 0.5) is 11.4 Å². The Morgan fingerprint density at radius 2 is 1.86 bits per heavy atom. The fraction of sp³-hybridized carbons (Fsp3) is 0.143. The van der Waals surface area contributed by atoms with Crippen LogP contribution in [0.5, 0.6) is 0 Å². The molecule has 21 heavy (non-hydrogen) atoms. The molecule has 0 saturated heterocycles. The number of anilines is 2. The van der Waals surface area contributed by atoms with Gasteiger partial charge >= 0.3 is 0 Å². The van der Waals surface area contributed by atoms with E-state index in [-0.39, 0.29) is 11.4 Å². The summed E-state index contributed by atoms with van der Waals surface area (Å²) in [5.41, 5.74) is 7.78. The standard InChI is InChI=1S/C14H14Cl2N2O2S/c1-9-5-13(16)14(7-12(9)15)18-21(19,20)8-10-3-2-4-11(17)6-10/h2-7,18H,8,17H2,1H3. The summed E-state index contributed by atoms with van der Waals surface area (Å²) in [6, 6.07) is 9.82. The molecule has 4 nitrogen and oxygen atoms in total. The van der Waals surface area contributed by atoms with Gasteiger partial charge in [0.1, 0.15) is 0 Å². The van der Waals surface area contributed by atoms with Gasteiger partial charge in [-0.25, -0.2) is 8.42 Å². The topological polar surface area (TPSA) is 72.2 Å². The summed E-state index contributed by atoms with van der Waals surface area (Å²) < 4.78 is 26.8. The average Bonchev–Trinajstić information content (AvgIpc) is 2.35. The van der Waals surface area contributed by atoms with Crippen molar-refractivity contribution in [1.82, 2.24) is 0 Å². The lowest BCUT2D eigenvalue weighted by Crippen LogP contribution is -2.15. The summed E-state index contributed by atoms with van der Waals surface area (Å²) >= 11 is 12.0. The normalized spacial score (nSPS) is 11.4. The molecule has 0 atom stereocenters. The van der Waals surface area contributed by atoms with Crippen LogP contribution in [0.1, 0.15) is 11.1 Å². The molecule has 0 radical (unpaired) electrons. The Morgan fingerprint density at radius 3 is 2.52 bits per heavy atom. The minimum atomic E-state index is -3.61. The van der Waals surface area contributed by atoms with E-state index >= 15 is 0 Å². The molecule has 0 amide bonds. The smallest absolute Gasteiger partial charge is 0.236 e. The molecule has 0 bridgehead atoms. The Kier molecular flexibility index (Phi) is 4.66. The van der Waals surface area contributed by atoms with Gasteiger partial charge in [-0.05, 0) is 42.3 Å². The number of nitrogens with two attached hydrogens (primary N) is 1. The van der Waals surface area contributed by atoms with Gasteiger partial charge in [0.15, 0.2) is 0 Å². The Morgan fingerprint density at radius 1 is 1.14 bits per heavy atom. The highest BCUT2D eigenvalue weighted by molar-refractivity contribution is 7.91. The zero-order chi connectivity index (χ0) is 15.6. The number of nitrogen functional groups attached to an aromatic ring is 1. The van der Waals surface area contributed by atoms with E-state index in [1.54, 1.807) is 37.3 Å². The summed E-state index contributed by atoms with van der Waals surface area (Å²) in [7, 11) is -3.61. The van der Waals surface area contributed by atoms with Crippen molar-refractivity contribution in [3.05, 3.63) is 57.6 Å². The second-order valence-electron chi connectivity index (χ2n) is 4.69. The van der Waals surface area contributed by atoms with E-state index in [4.69, 9.17) is 28.9 Å². The van der Waals surface area contributed by atoms with Gasteiger partial charge in [-0.15, -0.1) is 0 Å². The quantitative estimate of drug-likeness (QED) is 0.828. The van der Waals surface area contributed by atoms with E-state index in [1.807, 2.05) is 0 Å². The van der Waals surface area contributed by atoms with E-state index in [9.17, 15) is 8.42 Å². The lowest BCUT2D eigenvalue weighted by atomic mass is 10.2. The molecule has 2 aromatic carbocycles. The number of sulfonamides is 1. The first kappa shape index (κ1) is 15.9. The molecule has 0 spiro atoms. The SMILES string of the molecule is Cc1cc(Cl)c(NS(=O)(=O)Cc2cccc(N)c2)cc1Cl. The molecular weight excluding hydrogens is 331 g/mol. The van der Waals surface area contributed by atoms with Crippen molar-refractivity contribution in [2.75, 3.05) is 10.5 Å². The fourth-order valence-electron chi connectivity index (χ4n) is 1.83. The number of benzene rings is 2. The highest BCUT2D eigenvalue weighted by atomic mass is 35.5. The zero-order valence-corrected chi connectivity index (χ0v) is 13.6. The van der Waals surface area contributed by atoms with Crippen LogP contribution in [0, 0.1) is 6.92 Å². The molecule has 0 aromatic heterocycles. The molecule has 0 fully saturated rings. The molecule has 7 heteroatoms. The van der Waals surface area contributed by atoms with Crippen molar-refractivity contribution in [1.29, 1.82) is 0 Å². The second-order valence-corrected chi connectivity index (χ2v) is 7.22. The van der Waals surface area contributed by atoms with E-state index in [0.29, 0.717) is 21.3 Å². The highest BCUT2D eigenvalue weighted by Crippen LogP contribution is 2.29. The molecule has 2 aromatic rings. The van der Waals surface area contributed by atoms with Crippen LogP contribution in [0.15, 0.2) is 36.4 Å². The number of nitrogens with one attached hydrogen (secondary N) is 1. The molecule has 3 N–H and O–H groups in total. The van der Waals surface area contributed by atoms with Gasteiger partial charge in [-0.2, -0.15) is 0 Å². The van der Waals surface area contributed by atoms with Crippen molar-refractivity contribution in [2.45, 2.75) is 12.7 Å². The van der Waals surface area contributed by atoms with Gasteiger partial charge in [-0.3, -0.25) is 4.72 Å². The molecule has 0 unspecified atom stereocenters. The van der Waals surface area contributed by atoms with Crippen LogP contribution < -0.4 is 10.5 Å². The van der Waals surface area contributed by atoms with Crippen LogP contribution in [-0.2, 0) is 15.8 Å². The molecule has 112 valence electrons. The minimum Gasteiger partial charge on any atom is -0.399 e. The van der Waals surface area contributed by atoms with E-state index < -0.39 is 10.0 Å². The Hall–Kier alpha value is -1.43. The Balaban J connectivity index is 2.24. The molecule has 0 heterocycles. The number of halogens is 2. The maximum atomic E-state index is 12.2. The van der Waals surface area contributed by atoms with Gasteiger partial charge in [0.05, 0.1) is 16.5 Å². The lowest BCUT2D eigenvalue weighted by Gasteiger charge is -2.11. The fourth-order valence-corrected chi connectivity index (χ4v) is 3.51. The van der Waals surface area contributed by atoms with Crippen molar-refractivity contribution in [2.24, 2.45) is 0 Å². The van der Waals surface area contributed by atoms with Crippen LogP contribution in [0.25, 0.3) is 0 Å². The second kappa shape index (κ2) is 6.13. The van der Waals surface area contributed by atoms with Crippen LogP contribution in [0.2, 0.25) is 10.0 Å². The predicted molar refractivity (Wildman–Crippen MR) is 88.3 cm³/mol. The van der Waals surface area contributed by atoms with Crippen LogP contribution in [0.3, 0.4) is 0 Å². The van der Waals surface area contributed by atoms with Gasteiger partial charge in [0.25, 0.3) is 0 Å². The molecule has 0 aliphatic heterocycles. The summed E-state index contributed by atoms with van der Waals surface area (Å²) in [4.78, 5) is 0. The van der Waals surface area contributed by atoms with Gasteiger partial charge in [0, 0.05) is 10.7 Å². The maximum absolute atomic E-state index is 12.2. The van der Waals surface area contributed by atoms with Crippen molar-refractivity contribution >= 4 is 44.6 Å². The highest BCUT2D eigenvalue weighted by Gasteiger charge is 2.15. The largest absolute Gasteiger partial charge is 0.399 e. The third-order valence-corrected chi connectivity index (χ3v) is 4.79. The summed E-state index contributed by atoms with van der Waals surface area (Å²) in [5, 5.41) is 0.745. The maximum Gasteiger partial charge on any atom is 0.236 e.